The van der Waals surface area contributed by atoms with E-state index in [1.54, 1.807) is 0 Å². The highest BCUT2D eigenvalue weighted by atomic mass is 15.1. The van der Waals surface area contributed by atoms with Gasteiger partial charge in [-0.3, -0.25) is 0 Å². The molecular weight excluding hydrogens is 236 g/mol. The van der Waals surface area contributed by atoms with Gasteiger partial charge in [0.2, 0.25) is 0 Å². The zero-order chi connectivity index (χ0) is 14.3. The lowest BCUT2D eigenvalue weighted by molar-refractivity contribution is 0.254. The summed E-state index contributed by atoms with van der Waals surface area (Å²) in [4.78, 5) is 6.54. The van der Waals surface area contributed by atoms with E-state index in [2.05, 4.69) is 61.5 Å². The Labute approximate surface area is 117 Å². The van der Waals surface area contributed by atoms with Crippen LogP contribution in [-0.2, 0) is 0 Å². The number of pyridine rings is 1. The van der Waals surface area contributed by atoms with Crippen molar-refractivity contribution >= 4 is 11.5 Å². The van der Waals surface area contributed by atoms with Gasteiger partial charge in [-0.2, -0.15) is 0 Å². The van der Waals surface area contributed by atoms with Gasteiger partial charge in [0.1, 0.15) is 5.82 Å². The fraction of sp³-hybridized carbons (Fsp3) is 0.667. The lowest BCUT2D eigenvalue weighted by Gasteiger charge is -2.29. The van der Waals surface area contributed by atoms with E-state index < -0.39 is 0 Å². The number of hydrogen-bond acceptors (Lipinski definition) is 4. The Morgan fingerprint density at radius 2 is 2.00 bits per heavy atom. The monoisotopic (exact) mass is 264 g/mol. The molecule has 0 unspecified atom stereocenters. The molecule has 2 N–H and O–H groups in total. The molecule has 0 spiro atoms. The molecule has 0 aliphatic heterocycles. The summed E-state index contributed by atoms with van der Waals surface area (Å²) >= 11 is 0. The molecule has 1 rings (SSSR count). The highest BCUT2D eigenvalue weighted by Crippen LogP contribution is 2.18. The quantitative estimate of drug-likeness (QED) is 0.757. The molecule has 0 radical (unpaired) electrons. The molecule has 1 aromatic heterocycles. The van der Waals surface area contributed by atoms with E-state index in [9.17, 15) is 0 Å². The Morgan fingerprint density at radius 3 is 2.63 bits per heavy atom. The topological polar surface area (TPSA) is 40.2 Å². The van der Waals surface area contributed by atoms with E-state index >= 15 is 0 Å². The van der Waals surface area contributed by atoms with Gasteiger partial charge < -0.3 is 15.5 Å². The zero-order valence-corrected chi connectivity index (χ0v) is 13.0. The molecule has 0 saturated heterocycles. The van der Waals surface area contributed by atoms with Crippen molar-refractivity contribution in [2.45, 2.75) is 27.2 Å². The maximum absolute atomic E-state index is 4.31. The predicted octanol–water partition coefficient (Wildman–Crippen LogP) is 2.90. The molecule has 19 heavy (non-hydrogen) atoms. The second-order valence-corrected chi connectivity index (χ2v) is 6.11. The Kier molecular flexibility index (Phi) is 6.09. The Bertz CT molecular complexity index is 374. The first-order valence-electron chi connectivity index (χ1n) is 7.01. The van der Waals surface area contributed by atoms with Crippen LogP contribution in [0.5, 0.6) is 0 Å². The van der Waals surface area contributed by atoms with Crippen LogP contribution in [0.4, 0.5) is 11.5 Å². The SMILES string of the molecule is CCCNc1cc(NCC(C)(C)CN(C)C)ccn1. The number of nitrogens with zero attached hydrogens (tertiary/aromatic N) is 2. The van der Waals surface area contributed by atoms with Crippen LogP contribution < -0.4 is 10.6 Å². The van der Waals surface area contributed by atoms with Crippen LogP contribution in [0.15, 0.2) is 18.3 Å². The third kappa shape index (κ3) is 6.43. The third-order valence-electron chi connectivity index (χ3n) is 2.83. The summed E-state index contributed by atoms with van der Waals surface area (Å²) in [5, 5.41) is 6.81. The Balaban J connectivity index is 2.52. The van der Waals surface area contributed by atoms with Crippen LogP contribution >= 0.6 is 0 Å². The minimum absolute atomic E-state index is 0.240. The molecule has 0 amide bonds. The normalized spacial score (nSPS) is 11.7. The summed E-state index contributed by atoms with van der Waals surface area (Å²) < 4.78 is 0. The summed E-state index contributed by atoms with van der Waals surface area (Å²) in [7, 11) is 4.22. The Morgan fingerprint density at radius 1 is 1.26 bits per heavy atom. The van der Waals surface area contributed by atoms with Crippen molar-refractivity contribution in [1.29, 1.82) is 0 Å². The minimum Gasteiger partial charge on any atom is -0.384 e. The number of rotatable bonds is 8. The van der Waals surface area contributed by atoms with Crippen LogP contribution in [-0.4, -0.2) is 43.6 Å². The first-order chi connectivity index (χ1) is 8.93. The van der Waals surface area contributed by atoms with Crippen molar-refractivity contribution in [2.24, 2.45) is 5.41 Å². The largest absolute Gasteiger partial charge is 0.384 e. The lowest BCUT2D eigenvalue weighted by Crippen LogP contribution is -2.34. The van der Waals surface area contributed by atoms with Crippen molar-refractivity contribution in [3.8, 4) is 0 Å². The van der Waals surface area contributed by atoms with E-state index in [1.165, 1.54) is 0 Å². The van der Waals surface area contributed by atoms with Gasteiger partial charge in [0.05, 0.1) is 0 Å². The van der Waals surface area contributed by atoms with Gasteiger partial charge in [0.25, 0.3) is 0 Å². The molecule has 0 bridgehead atoms. The van der Waals surface area contributed by atoms with Gasteiger partial charge in [-0.25, -0.2) is 4.98 Å². The molecule has 0 aliphatic rings. The van der Waals surface area contributed by atoms with Gasteiger partial charge in [-0.05, 0) is 32.0 Å². The van der Waals surface area contributed by atoms with E-state index in [0.29, 0.717) is 0 Å². The summed E-state index contributed by atoms with van der Waals surface area (Å²) in [5.74, 6) is 0.942. The highest BCUT2D eigenvalue weighted by Gasteiger charge is 2.18. The van der Waals surface area contributed by atoms with E-state index in [4.69, 9.17) is 0 Å². The summed E-state index contributed by atoms with van der Waals surface area (Å²) in [5.41, 5.74) is 1.37. The van der Waals surface area contributed by atoms with Gasteiger partial charge in [-0.15, -0.1) is 0 Å². The van der Waals surface area contributed by atoms with Gasteiger partial charge in [-0.1, -0.05) is 20.8 Å². The summed E-state index contributed by atoms with van der Waals surface area (Å²) in [6.07, 6.45) is 2.95. The smallest absolute Gasteiger partial charge is 0.127 e. The zero-order valence-electron chi connectivity index (χ0n) is 13.0. The van der Waals surface area contributed by atoms with Crippen LogP contribution in [0, 0.1) is 5.41 Å². The molecule has 1 heterocycles. The fourth-order valence-corrected chi connectivity index (χ4v) is 2.14. The average molecular weight is 264 g/mol. The standard InChI is InChI=1S/C15H28N4/c1-6-8-16-14-10-13(7-9-17-14)18-11-15(2,3)12-19(4)5/h7,9-10H,6,8,11-12H2,1-5H3,(H2,16,17,18). The van der Waals surface area contributed by atoms with Crippen molar-refractivity contribution in [3.63, 3.8) is 0 Å². The van der Waals surface area contributed by atoms with Crippen molar-refractivity contribution in [3.05, 3.63) is 18.3 Å². The number of aromatic nitrogens is 1. The first-order valence-corrected chi connectivity index (χ1v) is 7.01. The number of anilines is 2. The molecule has 0 atom stereocenters. The molecule has 0 saturated carbocycles. The van der Waals surface area contributed by atoms with Crippen molar-refractivity contribution < 1.29 is 0 Å². The molecule has 0 aromatic carbocycles. The molecule has 108 valence electrons. The maximum Gasteiger partial charge on any atom is 0.127 e. The van der Waals surface area contributed by atoms with Gasteiger partial charge in [0.15, 0.2) is 0 Å². The molecule has 1 aromatic rings. The van der Waals surface area contributed by atoms with Crippen LogP contribution in [0.1, 0.15) is 27.2 Å². The third-order valence-corrected chi connectivity index (χ3v) is 2.83. The van der Waals surface area contributed by atoms with E-state index in [0.717, 1.165) is 37.6 Å². The molecule has 0 fully saturated rings. The molecule has 0 aliphatic carbocycles. The second-order valence-electron chi connectivity index (χ2n) is 6.11. The number of nitrogens with one attached hydrogen (secondary N) is 2. The van der Waals surface area contributed by atoms with Crippen molar-refractivity contribution in [1.82, 2.24) is 9.88 Å². The van der Waals surface area contributed by atoms with E-state index in [-0.39, 0.29) is 5.41 Å². The average Bonchev–Trinajstić information content (AvgIpc) is 2.33. The fourth-order valence-electron chi connectivity index (χ4n) is 2.14. The highest BCUT2D eigenvalue weighted by molar-refractivity contribution is 5.51. The first kappa shape index (κ1) is 15.8. The van der Waals surface area contributed by atoms with Gasteiger partial charge >= 0.3 is 0 Å². The molecule has 4 heteroatoms. The summed E-state index contributed by atoms with van der Waals surface area (Å²) in [6.45, 7) is 9.67. The van der Waals surface area contributed by atoms with Crippen LogP contribution in [0.25, 0.3) is 0 Å². The molecule has 4 nitrogen and oxygen atoms in total. The second kappa shape index (κ2) is 7.34. The Hall–Kier alpha value is -1.29. The van der Waals surface area contributed by atoms with E-state index in [1.807, 2.05) is 12.3 Å². The number of hydrogen-bond donors (Lipinski definition) is 2. The molecular formula is C15H28N4. The maximum atomic E-state index is 4.31. The minimum atomic E-state index is 0.240. The lowest BCUT2D eigenvalue weighted by atomic mass is 9.93. The predicted molar refractivity (Wildman–Crippen MR) is 83.8 cm³/mol. The summed E-state index contributed by atoms with van der Waals surface area (Å²) in [6, 6.07) is 4.09. The van der Waals surface area contributed by atoms with Crippen LogP contribution in [0.2, 0.25) is 0 Å². The van der Waals surface area contributed by atoms with Crippen molar-refractivity contribution in [2.75, 3.05) is 44.4 Å². The van der Waals surface area contributed by atoms with Gasteiger partial charge in [0, 0.05) is 37.6 Å². The van der Waals surface area contributed by atoms with Crippen LogP contribution in [0.3, 0.4) is 0 Å².